The zero-order valence-electron chi connectivity index (χ0n) is 19.9. The van der Waals surface area contributed by atoms with Gasteiger partial charge in [0.05, 0.1) is 11.0 Å². The van der Waals surface area contributed by atoms with E-state index in [9.17, 15) is 0 Å². The van der Waals surface area contributed by atoms with Crippen LogP contribution in [0.4, 0.5) is 0 Å². The maximum atomic E-state index is 3.58. The van der Waals surface area contributed by atoms with Crippen LogP contribution in [0.15, 0.2) is 109 Å². The Morgan fingerprint density at radius 3 is 1.77 bits per heavy atom. The molecule has 0 radical (unpaired) electrons. The lowest BCUT2D eigenvalue weighted by Gasteiger charge is -2.09. The second kappa shape index (κ2) is 7.61. The van der Waals surface area contributed by atoms with Crippen LogP contribution in [-0.4, -0.2) is 9.55 Å². The van der Waals surface area contributed by atoms with Crippen molar-refractivity contribution in [2.45, 2.75) is 19.8 Å². The predicted octanol–water partition coefficient (Wildman–Crippen LogP) is 9.21. The van der Waals surface area contributed by atoms with Crippen LogP contribution in [0.2, 0.25) is 0 Å². The van der Waals surface area contributed by atoms with Crippen molar-refractivity contribution in [2.75, 3.05) is 0 Å². The first kappa shape index (κ1) is 20.1. The molecule has 5 aromatic carbocycles. The molecule has 0 spiro atoms. The summed E-state index contributed by atoms with van der Waals surface area (Å²) in [4.78, 5) is 3.58. The number of H-pyrrole nitrogens is 1. The third kappa shape index (κ3) is 3.10. The summed E-state index contributed by atoms with van der Waals surface area (Å²) in [5.41, 5.74) is 9.88. The van der Waals surface area contributed by atoms with E-state index in [4.69, 9.17) is 0 Å². The predicted molar refractivity (Wildman–Crippen MR) is 150 cm³/mol. The van der Waals surface area contributed by atoms with Gasteiger partial charge in [-0.25, -0.2) is 0 Å². The molecule has 0 aliphatic carbocycles. The van der Waals surface area contributed by atoms with E-state index in [1.807, 2.05) is 0 Å². The van der Waals surface area contributed by atoms with E-state index >= 15 is 0 Å². The number of fused-ring (bicyclic) bond motifs is 6. The van der Waals surface area contributed by atoms with E-state index in [0.717, 1.165) is 0 Å². The minimum Gasteiger partial charge on any atom is -0.355 e. The fourth-order valence-corrected chi connectivity index (χ4v) is 5.46. The molecule has 168 valence electrons. The molecule has 7 aromatic rings. The fourth-order valence-electron chi connectivity index (χ4n) is 5.46. The Bertz CT molecular complexity index is 1810. The van der Waals surface area contributed by atoms with Crippen LogP contribution in [0, 0.1) is 0 Å². The molecular formula is C33H26N2. The van der Waals surface area contributed by atoms with Gasteiger partial charge < -0.3 is 9.55 Å². The molecule has 2 heterocycles. The van der Waals surface area contributed by atoms with Gasteiger partial charge in [0.15, 0.2) is 0 Å². The Balaban J connectivity index is 1.35. The van der Waals surface area contributed by atoms with Crippen LogP contribution in [0.25, 0.3) is 60.4 Å². The van der Waals surface area contributed by atoms with Gasteiger partial charge in [-0.2, -0.15) is 0 Å². The maximum absolute atomic E-state index is 3.58. The molecular weight excluding hydrogens is 424 g/mol. The first-order chi connectivity index (χ1) is 17.2. The number of rotatable bonds is 3. The molecule has 2 nitrogen and oxygen atoms in total. The summed E-state index contributed by atoms with van der Waals surface area (Å²) < 4.78 is 2.37. The van der Waals surface area contributed by atoms with E-state index in [0.29, 0.717) is 5.92 Å². The van der Waals surface area contributed by atoms with Gasteiger partial charge in [0, 0.05) is 38.3 Å². The molecule has 7 rings (SSSR count). The molecule has 35 heavy (non-hydrogen) atoms. The van der Waals surface area contributed by atoms with Crippen molar-refractivity contribution in [3.05, 3.63) is 115 Å². The van der Waals surface area contributed by atoms with Crippen LogP contribution >= 0.6 is 0 Å². The van der Waals surface area contributed by atoms with E-state index in [1.165, 1.54) is 66.0 Å². The number of aromatic nitrogens is 2. The molecule has 0 bridgehead atoms. The average molecular weight is 451 g/mol. The number of para-hydroxylation sites is 2. The fraction of sp³-hybridized carbons (Fsp3) is 0.0909. The summed E-state index contributed by atoms with van der Waals surface area (Å²) in [5, 5.41) is 5.16. The molecule has 0 saturated carbocycles. The van der Waals surface area contributed by atoms with Gasteiger partial charge in [0.2, 0.25) is 0 Å². The highest BCUT2D eigenvalue weighted by atomic mass is 15.0. The quantitative estimate of drug-likeness (QED) is 0.277. The molecule has 0 amide bonds. The first-order valence-electron chi connectivity index (χ1n) is 12.3. The summed E-state index contributed by atoms with van der Waals surface area (Å²) in [7, 11) is 0. The van der Waals surface area contributed by atoms with Crippen LogP contribution in [0.5, 0.6) is 0 Å². The monoisotopic (exact) mass is 450 g/mol. The SMILES string of the molecule is CC(C)c1ccc2[nH]c3ccc(-c4ccc(-n5c6ccccc6c6ccccc65)cc4)cc3c2c1. The molecule has 0 fully saturated rings. The van der Waals surface area contributed by atoms with Crippen molar-refractivity contribution in [2.24, 2.45) is 0 Å². The third-order valence-corrected chi connectivity index (χ3v) is 7.33. The van der Waals surface area contributed by atoms with Crippen LogP contribution < -0.4 is 0 Å². The Morgan fingerprint density at radius 2 is 1.11 bits per heavy atom. The van der Waals surface area contributed by atoms with Gasteiger partial charge in [0.25, 0.3) is 0 Å². The minimum atomic E-state index is 0.515. The normalized spacial score (nSPS) is 12.0. The maximum Gasteiger partial charge on any atom is 0.0541 e. The van der Waals surface area contributed by atoms with Crippen molar-refractivity contribution < 1.29 is 0 Å². The van der Waals surface area contributed by atoms with Crippen LogP contribution in [0.1, 0.15) is 25.3 Å². The lowest BCUT2D eigenvalue weighted by atomic mass is 9.99. The Hall–Kier alpha value is -4.30. The highest BCUT2D eigenvalue weighted by Crippen LogP contribution is 2.34. The molecule has 0 atom stereocenters. The highest BCUT2D eigenvalue weighted by Gasteiger charge is 2.12. The van der Waals surface area contributed by atoms with Gasteiger partial charge in [0.1, 0.15) is 0 Å². The van der Waals surface area contributed by atoms with Gasteiger partial charge in [-0.3, -0.25) is 0 Å². The summed E-state index contributed by atoms with van der Waals surface area (Å²) in [6.07, 6.45) is 0. The van der Waals surface area contributed by atoms with Crippen molar-refractivity contribution in [3.8, 4) is 16.8 Å². The molecule has 2 aromatic heterocycles. The second-order valence-electron chi connectivity index (χ2n) is 9.76. The molecule has 0 unspecified atom stereocenters. The van der Waals surface area contributed by atoms with E-state index in [2.05, 4.69) is 133 Å². The summed E-state index contributed by atoms with van der Waals surface area (Å²) in [5.74, 6) is 0.515. The van der Waals surface area contributed by atoms with Crippen molar-refractivity contribution in [1.29, 1.82) is 0 Å². The zero-order valence-corrected chi connectivity index (χ0v) is 19.9. The minimum absolute atomic E-state index is 0.515. The lowest BCUT2D eigenvalue weighted by Crippen LogP contribution is -1.93. The zero-order chi connectivity index (χ0) is 23.5. The summed E-state index contributed by atoms with van der Waals surface area (Å²) >= 11 is 0. The standard InChI is InChI=1S/C33H26N2/c1-21(2)23-13-17-30-28(19-23)29-20-24(14-18-31(29)34-30)22-11-15-25(16-12-22)35-32-9-5-3-7-26(32)27-8-4-6-10-33(27)35/h3-21,34H,1-2H3. The topological polar surface area (TPSA) is 20.7 Å². The lowest BCUT2D eigenvalue weighted by molar-refractivity contribution is 0.869. The van der Waals surface area contributed by atoms with Gasteiger partial charge >= 0.3 is 0 Å². The molecule has 0 aliphatic rings. The van der Waals surface area contributed by atoms with Crippen molar-refractivity contribution in [3.63, 3.8) is 0 Å². The van der Waals surface area contributed by atoms with Gasteiger partial charge in [-0.05, 0) is 71.1 Å². The third-order valence-electron chi connectivity index (χ3n) is 7.33. The summed E-state index contributed by atoms with van der Waals surface area (Å²) in [6.45, 7) is 4.50. The number of hydrogen-bond donors (Lipinski definition) is 1. The van der Waals surface area contributed by atoms with Crippen molar-refractivity contribution in [1.82, 2.24) is 9.55 Å². The molecule has 2 heteroatoms. The molecule has 0 saturated heterocycles. The Labute approximate surface area is 204 Å². The number of hydrogen-bond acceptors (Lipinski definition) is 0. The number of nitrogens with one attached hydrogen (secondary N) is 1. The second-order valence-corrected chi connectivity index (χ2v) is 9.76. The van der Waals surface area contributed by atoms with Gasteiger partial charge in [-0.1, -0.05) is 74.5 Å². The highest BCUT2D eigenvalue weighted by molar-refractivity contribution is 6.10. The summed E-state index contributed by atoms with van der Waals surface area (Å²) in [6, 6.07) is 39.8. The first-order valence-corrected chi connectivity index (χ1v) is 12.3. The van der Waals surface area contributed by atoms with Gasteiger partial charge in [-0.15, -0.1) is 0 Å². The number of nitrogens with zero attached hydrogens (tertiary/aromatic N) is 1. The van der Waals surface area contributed by atoms with E-state index in [-0.39, 0.29) is 0 Å². The molecule has 1 N–H and O–H groups in total. The number of benzene rings is 5. The van der Waals surface area contributed by atoms with Crippen LogP contribution in [0.3, 0.4) is 0 Å². The Kier molecular flexibility index (Phi) is 4.37. The van der Waals surface area contributed by atoms with Crippen molar-refractivity contribution >= 4 is 43.6 Å². The Morgan fingerprint density at radius 1 is 0.543 bits per heavy atom. The van der Waals surface area contributed by atoms with E-state index in [1.54, 1.807) is 0 Å². The smallest absolute Gasteiger partial charge is 0.0541 e. The average Bonchev–Trinajstić information content (AvgIpc) is 3.43. The van der Waals surface area contributed by atoms with Crippen LogP contribution in [-0.2, 0) is 0 Å². The number of aromatic amines is 1. The molecule has 0 aliphatic heterocycles. The largest absolute Gasteiger partial charge is 0.355 e. The van der Waals surface area contributed by atoms with E-state index < -0.39 is 0 Å².